The van der Waals surface area contributed by atoms with Gasteiger partial charge in [-0.25, -0.2) is 0 Å². The lowest BCUT2D eigenvalue weighted by Crippen LogP contribution is -1.37. The Labute approximate surface area is 44.7 Å². The van der Waals surface area contributed by atoms with Crippen LogP contribution in [0.1, 0.15) is 1.37 Å². The predicted octanol–water partition coefficient (Wildman–Crippen LogP) is 1.78. The van der Waals surface area contributed by atoms with E-state index in [1.54, 1.807) is 0 Å². The molecule has 0 bridgehead atoms. The fourth-order valence-electron chi connectivity index (χ4n) is 0.0500. The van der Waals surface area contributed by atoms with Gasteiger partial charge in [0.05, 0.1) is 1.28 Å². The molecule has 5 heavy (non-hydrogen) atoms. The van der Waals surface area contributed by atoms with E-state index in [-0.39, 0.29) is 6.64 Å². The predicted molar refractivity (Wildman–Crippen MR) is 36.4 cm³/mol. The van der Waals surface area contributed by atoms with E-state index < -0.39 is 8.21 Å². The molecule has 0 spiro atoms. The minimum absolute atomic E-state index is 0.286. The number of hydrogen-bond acceptors (Lipinski definition) is 1. The highest BCUT2D eigenvalue weighted by Gasteiger charge is 1.66. The van der Waals surface area contributed by atoms with Crippen LogP contribution in [0.3, 0.4) is 0 Å². The van der Waals surface area contributed by atoms with Crippen molar-refractivity contribution in [3.63, 3.8) is 0 Å². The second kappa shape index (κ2) is 5.21. The van der Waals surface area contributed by atoms with Crippen molar-refractivity contribution < 1.29 is 1.37 Å². The zero-order valence-corrected chi connectivity index (χ0v) is 5.60. The van der Waals surface area contributed by atoms with Gasteiger partial charge in [-0.3, -0.25) is 0 Å². The number of rotatable bonds is 2. The summed E-state index contributed by atoms with van der Waals surface area (Å²) in [5.74, 6) is 0. The smallest absolute Gasteiger partial charge is 0.0623 e. The molecule has 0 amide bonds. The molecule has 0 aromatic heterocycles. The molecule has 0 fully saturated rings. The summed E-state index contributed by atoms with van der Waals surface area (Å²) in [6, 6.07) is 0. The normalized spacial score (nSPS) is 22.6. The molecule has 0 nitrogen and oxygen atoms in total. The lowest BCUT2D eigenvalue weighted by Gasteiger charge is -1.80. The molecule has 32 valence electrons. The Kier molecular flexibility index (Phi) is 3.38. The van der Waals surface area contributed by atoms with E-state index >= 15 is 0 Å². The average Bonchev–Trinajstić information content (AvgIpc) is 1.68. The van der Waals surface area contributed by atoms with Gasteiger partial charge < -0.3 is 0 Å². The van der Waals surface area contributed by atoms with Gasteiger partial charge in [-0.15, -0.1) is 8.21 Å². The van der Waals surface area contributed by atoms with Gasteiger partial charge in [0.25, 0.3) is 0 Å². The van der Waals surface area contributed by atoms with Crippen molar-refractivity contribution in [1.29, 1.82) is 1.28 Å². The summed E-state index contributed by atoms with van der Waals surface area (Å²) in [6.07, 6.45) is 0. The molecule has 0 aromatic carbocycles. The zero-order valence-electron chi connectivity index (χ0n) is 4.81. The molecule has 0 aliphatic carbocycles. The maximum atomic E-state index is 7.06. The summed E-state index contributed by atoms with van der Waals surface area (Å²) in [5, 5.41) is 0. The second-order valence-corrected chi connectivity index (χ2v) is 4.27. The van der Waals surface area contributed by atoms with E-state index in [2.05, 4.69) is 12.6 Å². The highest BCUT2D eigenvalue weighted by Crippen LogP contribution is 2.32. The molecule has 2 atom stereocenters. The highest BCUT2D eigenvalue weighted by atomic mass is 32.1. The summed E-state index contributed by atoms with van der Waals surface area (Å²) >= 11 is 3.94. The standard InChI is InChI=1S/C2H8P2S/c1-3-4-2-5/h3-5H,2H2,1H3/i1T,3D. The van der Waals surface area contributed by atoms with Crippen LogP contribution >= 0.6 is 29.1 Å². The molecular formula is C2H8P2S. The molecule has 0 saturated heterocycles. The van der Waals surface area contributed by atoms with Crippen molar-refractivity contribution in [1.82, 2.24) is 0 Å². The Hall–Kier alpha value is 1.21. The second-order valence-electron chi connectivity index (χ2n) is 0.474. The maximum absolute atomic E-state index is 7.06. The summed E-state index contributed by atoms with van der Waals surface area (Å²) in [7, 11) is -0.114. The zero-order chi connectivity index (χ0) is 5.70. The molecule has 0 aliphatic rings. The molecule has 2 unspecified atom stereocenters. The molecule has 0 rings (SSSR count). The topological polar surface area (TPSA) is 0 Å². The van der Waals surface area contributed by atoms with Crippen LogP contribution in [-0.4, -0.2) is 13.4 Å². The van der Waals surface area contributed by atoms with Crippen molar-refractivity contribution in [3.05, 3.63) is 0 Å². The van der Waals surface area contributed by atoms with E-state index in [1.165, 1.54) is 0 Å². The van der Waals surface area contributed by atoms with Gasteiger partial charge in [0.15, 0.2) is 0 Å². The summed E-state index contributed by atoms with van der Waals surface area (Å²) < 4.78 is 13.8. The van der Waals surface area contributed by atoms with Crippen LogP contribution in [-0.2, 0) is 0 Å². The summed E-state index contributed by atoms with van der Waals surface area (Å²) in [4.78, 5) is 0. The quantitative estimate of drug-likeness (QED) is 0.426. The highest BCUT2D eigenvalue weighted by molar-refractivity contribution is 8.15. The lowest BCUT2D eigenvalue weighted by molar-refractivity contribution is 2.32. The summed E-state index contributed by atoms with van der Waals surface area (Å²) in [6.45, 7) is 0.286. The van der Waals surface area contributed by atoms with E-state index in [4.69, 9.17) is 2.65 Å². The first-order valence-electron chi connectivity index (χ1n) is 2.36. The summed E-state index contributed by atoms with van der Waals surface area (Å²) in [5.41, 5.74) is 0.786. The Balaban J connectivity index is 2.83. The lowest BCUT2D eigenvalue weighted by atomic mass is 11.9. The Bertz CT molecular complexity index is 44.7. The van der Waals surface area contributed by atoms with Crippen LogP contribution in [0.25, 0.3) is 0 Å². The van der Waals surface area contributed by atoms with Crippen molar-refractivity contribution in [2.24, 2.45) is 0 Å². The monoisotopic (exact) mass is 129 g/mol. The first-order valence-corrected chi connectivity index (χ1v) is 4.97. The van der Waals surface area contributed by atoms with Gasteiger partial charge >= 0.3 is 0 Å². The van der Waals surface area contributed by atoms with Crippen LogP contribution in [0, 0.1) is 0 Å². The Morgan fingerprint density at radius 2 is 3.40 bits per heavy atom. The van der Waals surface area contributed by atoms with Gasteiger partial charge in [-0.2, -0.15) is 12.6 Å². The Morgan fingerprint density at radius 3 is 3.60 bits per heavy atom. The molecular weight excluding hydrogens is 118 g/mol. The first-order chi connectivity index (χ1) is 3.31. The van der Waals surface area contributed by atoms with Crippen LogP contribution in [0.5, 0.6) is 0 Å². The van der Waals surface area contributed by atoms with Crippen molar-refractivity contribution in [3.8, 4) is 0 Å². The first kappa shape index (κ1) is 3.24. The third-order valence-corrected chi connectivity index (χ3v) is 2.92. The minimum Gasteiger partial charge on any atom is -0.175 e. The van der Waals surface area contributed by atoms with E-state index in [0.29, 0.717) is 8.27 Å². The molecule has 0 aliphatic heterocycles. The van der Waals surface area contributed by atoms with Gasteiger partial charge in [-0.05, 0) is 6.64 Å². The van der Waals surface area contributed by atoms with Crippen molar-refractivity contribution >= 4 is 29.1 Å². The third kappa shape index (κ3) is 5.21. The molecule has 0 saturated carbocycles. The van der Waals surface area contributed by atoms with Crippen LogP contribution in [0.15, 0.2) is 0 Å². The fraction of sp³-hybridized carbons (Fsp3) is 1.00. The molecule has 3 heteroatoms. The van der Waals surface area contributed by atoms with E-state index in [0.717, 1.165) is 5.49 Å². The molecule has 0 N–H and O–H groups in total. The van der Waals surface area contributed by atoms with E-state index in [9.17, 15) is 0 Å². The van der Waals surface area contributed by atoms with Gasteiger partial charge in [0.2, 0.25) is 0 Å². The molecule has 0 aromatic rings. The van der Waals surface area contributed by atoms with Gasteiger partial charge in [-0.1, -0.05) is 8.27 Å². The Morgan fingerprint density at radius 1 is 2.60 bits per heavy atom. The van der Waals surface area contributed by atoms with Crippen molar-refractivity contribution in [2.75, 3.05) is 12.1 Å². The molecule has 0 radical (unpaired) electrons. The van der Waals surface area contributed by atoms with Gasteiger partial charge in [0.1, 0.15) is 0 Å². The van der Waals surface area contributed by atoms with Crippen LogP contribution in [0.2, 0.25) is 0 Å². The number of thiol groups is 1. The van der Waals surface area contributed by atoms with Gasteiger partial charge in [0, 0.05) is 6.86 Å². The fourth-order valence-corrected chi connectivity index (χ4v) is 1.35. The van der Waals surface area contributed by atoms with E-state index in [1.807, 2.05) is 0 Å². The average molecular weight is 129 g/mol. The maximum Gasteiger partial charge on any atom is 0.0623 e. The minimum atomic E-state index is -0.710. The molecule has 0 heterocycles. The number of hydrogen-bond donors (Lipinski definition) is 1. The van der Waals surface area contributed by atoms with Crippen LogP contribution < -0.4 is 0 Å². The largest absolute Gasteiger partial charge is 0.175 e. The third-order valence-electron chi connectivity index (χ3n) is 0.183. The van der Waals surface area contributed by atoms with Crippen molar-refractivity contribution in [2.45, 2.75) is 0 Å². The SMILES string of the molecule is [2H]P(C[3H])PCS. The van der Waals surface area contributed by atoms with Crippen LogP contribution in [0.4, 0.5) is 0 Å².